The molecule has 1 fully saturated rings. The number of hydrogen-bond donors (Lipinski definition) is 1. The average Bonchev–Trinajstić information content (AvgIpc) is 2.97. The molecule has 1 aromatic carbocycles. The third-order valence-electron chi connectivity index (χ3n) is 3.42. The minimum Gasteiger partial charge on any atom is -0.497 e. The Labute approximate surface area is 123 Å². The van der Waals surface area contributed by atoms with E-state index in [0.29, 0.717) is 24.3 Å². The predicted octanol–water partition coefficient (Wildman–Crippen LogP) is 0.941. The number of nitrogens with zero attached hydrogens (tertiary/aromatic N) is 1. The fourth-order valence-electron chi connectivity index (χ4n) is 2.34. The van der Waals surface area contributed by atoms with E-state index in [0.717, 1.165) is 4.31 Å². The van der Waals surface area contributed by atoms with Crippen LogP contribution in [0, 0.1) is 0 Å². The van der Waals surface area contributed by atoms with Crippen molar-refractivity contribution in [1.29, 1.82) is 0 Å². The van der Waals surface area contributed by atoms with Gasteiger partial charge in [0.05, 0.1) is 19.1 Å². The lowest BCUT2D eigenvalue weighted by molar-refractivity contribution is -0.140. The Morgan fingerprint density at radius 3 is 2.29 bits per heavy atom. The van der Waals surface area contributed by atoms with Gasteiger partial charge in [-0.1, -0.05) is 0 Å². The van der Waals surface area contributed by atoms with Crippen LogP contribution in [0.5, 0.6) is 11.5 Å². The maximum Gasteiger partial charge on any atom is 0.322 e. The number of carboxylic acid groups (broad SMARTS) is 1. The molecule has 0 spiro atoms. The molecule has 116 valence electrons. The Morgan fingerprint density at radius 2 is 1.81 bits per heavy atom. The number of sulfonamides is 1. The zero-order chi connectivity index (χ0) is 15.6. The van der Waals surface area contributed by atoms with Gasteiger partial charge in [-0.2, -0.15) is 4.31 Å². The van der Waals surface area contributed by atoms with Crippen molar-refractivity contribution < 1.29 is 27.8 Å². The molecular weight excluding hydrogens is 298 g/mol. The van der Waals surface area contributed by atoms with Gasteiger partial charge in [-0.05, 0) is 12.8 Å². The number of rotatable bonds is 5. The number of carboxylic acids is 1. The normalized spacial score (nSPS) is 19.4. The maximum atomic E-state index is 12.6. The fourth-order valence-corrected chi connectivity index (χ4v) is 4.04. The minimum absolute atomic E-state index is 0.0353. The summed E-state index contributed by atoms with van der Waals surface area (Å²) in [7, 11) is -1.07. The summed E-state index contributed by atoms with van der Waals surface area (Å²) in [6.07, 6.45) is 0.840. The highest BCUT2D eigenvalue weighted by atomic mass is 32.2. The first kappa shape index (κ1) is 15.6. The van der Waals surface area contributed by atoms with Crippen LogP contribution in [0.3, 0.4) is 0 Å². The van der Waals surface area contributed by atoms with Gasteiger partial charge in [-0.15, -0.1) is 0 Å². The van der Waals surface area contributed by atoms with E-state index in [1.807, 2.05) is 0 Å². The molecule has 1 saturated heterocycles. The van der Waals surface area contributed by atoms with Gasteiger partial charge in [0.1, 0.15) is 17.5 Å². The van der Waals surface area contributed by atoms with Crippen molar-refractivity contribution in [3.8, 4) is 11.5 Å². The van der Waals surface area contributed by atoms with Crippen LogP contribution in [0.4, 0.5) is 0 Å². The van der Waals surface area contributed by atoms with Gasteiger partial charge in [-0.25, -0.2) is 8.42 Å². The molecule has 7 nitrogen and oxygen atoms in total. The van der Waals surface area contributed by atoms with Gasteiger partial charge in [0.2, 0.25) is 10.0 Å². The molecule has 21 heavy (non-hydrogen) atoms. The molecule has 8 heteroatoms. The van der Waals surface area contributed by atoms with Crippen LogP contribution in [-0.2, 0) is 14.8 Å². The third-order valence-corrected chi connectivity index (χ3v) is 5.31. The molecule has 0 radical (unpaired) electrons. The maximum absolute atomic E-state index is 12.6. The third kappa shape index (κ3) is 2.96. The molecule has 1 atom stereocenters. The quantitative estimate of drug-likeness (QED) is 0.869. The van der Waals surface area contributed by atoms with E-state index in [1.54, 1.807) is 6.07 Å². The smallest absolute Gasteiger partial charge is 0.322 e. The Kier molecular flexibility index (Phi) is 4.38. The van der Waals surface area contributed by atoms with E-state index in [9.17, 15) is 13.2 Å². The van der Waals surface area contributed by atoms with Crippen molar-refractivity contribution in [3.63, 3.8) is 0 Å². The molecule has 0 unspecified atom stereocenters. The van der Waals surface area contributed by atoms with Gasteiger partial charge >= 0.3 is 5.97 Å². The molecular formula is C13H17NO6S. The minimum atomic E-state index is -3.91. The molecule has 1 aliphatic heterocycles. The van der Waals surface area contributed by atoms with E-state index < -0.39 is 22.0 Å². The number of hydrogen-bond acceptors (Lipinski definition) is 5. The summed E-state index contributed by atoms with van der Waals surface area (Å²) >= 11 is 0. The monoisotopic (exact) mass is 315 g/mol. The van der Waals surface area contributed by atoms with E-state index in [2.05, 4.69) is 0 Å². The van der Waals surface area contributed by atoms with Crippen LogP contribution in [0.15, 0.2) is 23.1 Å². The average molecular weight is 315 g/mol. The SMILES string of the molecule is COc1cc(OC)cc(S(=O)(=O)N2CCC[C@H]2C(=O)O)c1. The first-order chi connectivity index (χ1) is 9.90. The molecule has 0 aliphatic carbocycles. The Bertz CT molecular complexity index is 620. The summed E-state index contributed by atoms with van der Waals surface area (Å²) in [5.41, 5.74) is 0. The van der Waals surface area contributed by atoms with Crippen molar-refractivity contribution in [2.24, 2.45) is 0 Å². The summed E-state index contributed by atoms with van der Waals surface area (Å²) in [6.45, 7) is 0.193. The van der Waals surface area contributed by atoms with Crippen LogP contribution in [-0.4, -0.2) is 50.6 Å². The largest absolute Gasteiger partial charge is 0.497 e. The molecule has 0 saturated carbocycles. The summed E-state index contributed by atoms with van der Waals surface area (Å²) in [4.78, 5) is 11.1. The molecule has 1 aliphatic rings. The Morgan fingerprint density at radius 1 is 1.24 bits per heavy atom. The van der Waals surface area contributed by atoms with E-state index in [1.165, 1.54) is 26.4 Å². The van der Waals surface area contributed by atoms with Gasteiger partial charge in [0.25, 0.3) is 0 Å². The molecule has 0 aromatic heterocycles. The van der Waals surface area contributed by atoms with Crippen molar-refractivity contribution in [2.75, 3.05) is 20.8 Å². The summed E-state index contributed by atoms with van der Waals surface area (Å²) in [5.74, 6) is -0.469. The van der Waals surface area contributed by atoms with Crippen LogP contribution in [0.25, 0.3) is 0 Å². The molecule has 0 amide bonds. The summed E-state index contributed by atoms with van der Waals surface area (Å²) in [5, 5.41) is 9.14. The van der Waals surface area contributed by atoms with E-state index in [4.69, 9.17) is 14.6 Å². The van der Waals surface area contributed by atoms with Gasteiger partial charge in [-0.3, -0.25) is 4.79 Å². The Balaban J connectivity index is 2.46. The number of carbonyl (C=O) groups is 1. The van der Waals surface area contributed by atoms with Crippen LogP contribution >= 0.6 is 0 Å². The van der Waals surface area contributed by atoms with Gasteiger partial charge < -0.3 is 14.6 Å². The van der Waals surface area contributed by atoms with E-state index >= 15 is 0 Å². The topological polar surface area (TPSA) is 93.1 Å². The van der Waals surface area contributed by atoms with Crippen LogP contribution in [0.2, 0.25) is 0 Å². The van der Waals surface area contributed by atoms with Crippen molar-refractivity contribution in [3.05, 3.63) is 18.2 Å². The number of aliphatic carboxylic acids is 1. The standard InChI is InChI=1S/C13H17NO6S/c1-19-9-6-10(20-2)8-11(7-9)21(17,18)14-5-3-4-12(14)13(15)16/h6-8,12H,3-5H2,1-2H3,(H,15,16)/t12-/m0/s1. The first-order valence-corrected chi connectivity index (χ1v) is 7.82. The second-order valence-corrected chi connectivity index (χ2v) is 6.55. The number of benzene rings is 1. The van der Waals surface area contributed by atoms with E-state index in [-0.39, 0.29) is 11.4 Å². The lowest BCUT2D eigenvalue weighted by atomic mass is 10.2. The molecule has 0 bridgehead atoms. The van der Waals surface area contributed by atoms with Crippen molar-refractivity contribution in [2.45, 2.75) is 23.8 Å². The van der Waals surface area contributed by atoms with Gasteiger partial charge in [0, 0.05) is 24.7 Å². The highest BCUT2D eigenvalue weighted by Gasteiger charge is 2.39. The van der Waals surface area contributed by atoms with Crippen molar-refractivity contribution >= 4 is 16.0 Å². The zero-order valence-electron chi connectivity index (χ0n) is 11.8. The van der Waals surface area contributed by atoms with Crippen molar-refractivity contribution in [1.82, 2.24) is 4.31 Å². The van der Waals surface area contributed by atoms with Crippen LogP contribution in [0.1, 0.15) is 12.8 Å². The highest BCUT2D eigenvalue weighted by molar-refractivity contribution is 7.89. The second-order valence-electron chi connectivity index (χ2n) is 4.66. The van der Waals surface area contributed by atoms with Crippen LogP contribution < -0.4 is 9.47 Å². The lowest BCUT2D eigenvalue weighted by Gasteiger charge is -2.21. The predicted molar refractivity (Wildman–Crippen MR) is 74.1 cm³/mol. The summed E-state index contributed by atoms with van der Waals surface area (Å²) < 4.78 is 36.4. The summed E-state index contributed by atoms with van der Waals surface area (Å²) in [6, 6.07) is 3.24. The van der Waals surface area contributed by atoms with Gasteiger partial charge in [0.15, 0.2) is 0 Å². The molecule has 1 N–H and O–H groups in total. The first-order valence-electron chi connectivity index (χ1n) is 6.38. The second kappa shape index (κ2) is 5.90. The Hall–Kier alpha value is -1.80. The highest BCUT2D eigenvalue weighted by Crippen LogP contribution is 2.31. The number of ether oxygens (including phenoxy) is 2. The fraction of sp³-hybridized carbons (Fsp3) is 0.462. The zero-order valence-corrected chi connectivity index (χ0v) is 12.6. The molecule has 1 heterocycles. The lowest BCUT2D eigenvalue weighted by Crippen LogP contribution is -2.40. The number of methoxy groups -OCH3 is 2. The molecule has 2 rings (SSSR count). The molecule has 1 aromatic rings.